The van der Waals surface area contributed by atoms with Crippen LogP contribution in [0.1, 0.15) is 40.5 Å². The molecule has 0 heterocycles. The van der Waals surface area contributed by atoms with E-state index in [0.29, 0.717) is 6.04 Å². The molecule has 0 aromatic heterocycles. The van der Waals surface area contributed by atoms with Crippen LogP contribution in [0.2, 0.25) is 0 Å². The van der Waals surface area contributed by atoms with Crippen molar-refractivity contribution in [3.8, 4) is 0 Å². The van der Waals surface area contributed by atoms with Crippen molar-refractivity contribution in [2.75, 3.05) is 26.3 Å². The van der Waals surface area contributed by atoms with Crippen LogP contribution in [0.15, 0.2) is 0 Å². The molecular weight excluding hydrogens is 162 g/mol. The van der Waals surface area contributed by atoms with Gasteiger partial charge in [-0.15, -0.1) is 0 Å². The number of ether oxygens (including phenoxy) is 1. The van der Waals surface area contributed by atoms with Crippen molar-refractivity contribution >= 4 is 0 Å². The van der Waals surface area contributed by atoms with Crippen LogP contribution in [-0.4, -0.2) is 37.2 Å². The van der Waals surface area contributed by atoms with E-state index >= 15 is 0 Å². The van der Waals surface area contributed by atoms with Crippen molar-refractivity contribution in [1.82, 2.24) is 4.90 Å². The van der Waals surface area contributed by atoms with Gasteiger partial charge in [0.15, 0.2) is 0 Å². The predicted molar refractivity (Wildman–Crippen MR) is 58.1 cm³/mol. The summed E-state index contributed by atoms with van der Waals surface area (Å²) < 4.78 is 5.43. The third-order valence-electron chi connectivity index (χ3n) is 2.22. The summed E-state index contributed by atoms with van der Waals surface area (Å²) >= 11 is 0. The summed E-state index contributed by atoms with van der Waals surface area (Å²) in [6.45, 7) is 13.0. The van der Waals surface area contributed by atoms with Crippen LogP contribution >= 0.6 is 0 Å². The summed E-state index contributed by atoms with van der Waals surface area (Å²) in [7, 11) is 0. The minimum Gasteiger partial charge on any atom is -0.381 e. The van der Waals surface area contributed by atoms with E-state index in [1.807, 2.05) is 0 Å². The maximum atomic E-state index is 5.43. The molecule has 0 spiro atoms. The zero-order valence-electron chi connectivity index (χ0n) is 9.68. The molecule has 0 saturated heterocycles. The summed E-state index contributed by atoms with van der Waals surface area (Å²) in [5.41, 5.74) is 0. The molecule has 0 unspecified atom stereocenters. The molecule has 0 atom stereocenters. The quantitative estimate of drug-likeness (QED) is 0.541. The van der Waals surface area contributed by atoms with Crippen molar-refractivity contribution in [2.24, 2.45) is 0 Å². The molecule has 0 aliphatic carbocycles. The molecule has 0 aromatic rings. The number of nitrogens with zero attached hydrogens (tertiary/aromatic N) is 1. The molecule has 0 amide bonds. The predicted octanol–water partition coefficient (Wildman–Crippen LogP) is 2.53. The smallest absolute Gasteiger partial charge is 0.0478 e. The topological polar surface area (TPSA) is 12.5 Å². The van der Waals surface area contributed by atoms with Gasteiger partial charge in [0.1, 0.15) is 0 Å². The molecule has 0 aromatic carbocycles. The van der Waals surface area contributed by atoms with E-state index in [-0.39, 0.29) is 0 Å². The van der Waals surface area contributed by atoms with E-state index in [9.17, 15) is 0 Å². The second-order valence-corrected chi connectivity index (χ2v) is 3.69. The van der Waals surface area contributed by atoms with Crippen molar-refractivity contribution in [2.45, 2.75) is 46.6 Å². The fourth-order valence-electron chi connectivity index (χ4n) is 1.40. The Bertz CT molecular complexity index is 104. The van der Waals surface area contributed by atoms with E-state index in [2.05, 4.69) is 32.6 Å². The summed E-state index contributed by atoms with van der Waals surface area (Å²) in [6, 6.07) is 0.663. The number of hydrogen-bond acceptors (Lipinski definition) is 2. The molecule has 13 heavy (non-hydrogen) atoms. The van der Waals surface area contributed by atoms with Crippen LogP contribution in [0.5, 0.6) is 0 Å². The highest BCUT2D eigenvalue weighted by atomic mass is 16.5. The van der Waals surface area contributed by atoms with Crippen LogP contribution in [0.25, 0.3) is 0 Å². The van der Waals surface area contributed by atoms with E-state index in [1.54, 1.807) is 0 Å². The summed E-state index contributed by atoms with van der Waals surface area (Å²) in [4.78, 5) is 2.47. The third kappa shape index (κ3) is 7.03. The minimum absolute atomic E-state index is 0.663. The van der Waals surface area contributed by atoms with E-state index in [0.717, 1.165) is 39.1 Å². The molecule has 2 heteroatoms. The van der Waals surface area contributed by atoms with Crippen LogP contribution in [0, 0.1) is 0 Å². The fourth-order valence-corrected chi connectivity index (χ4v) is 1.40. The average Bonchev–Trinajstić information content (AvgIpc) is 2.10. The standard InChI is InChI=1S/C11H25NO/c1-5-9-13-10-7-8-12(6-2)11(3)4/h11H,5-10H2,1-4H3. The highest BCUT2D eigenvalue weighted by Gasteiger charge is 2.05. The van der Waals surface area contributed by atoms with Gasteiger partial charge in [0.05, 0.1) is 0 Å². The van der Waals surface area contributed by atoms with Gasteiger partial charge in [-0.05, 0) is 33.2 Å². The third-order valence-corrected chi connectivity index (χ3v) is 2.22. The zero-order chi connectivity index (χ0) is 10.1. The SMILES string of the molecule is CCCOCCCN(CC)C(C)C. The molecule has 0 aliphatic rings. The minimum atomic E-state index is 0.663. The molecule has 80 valence electrons. The average molecular weight is 187 g/mol. The maximum Gasteiger partial charge on any atom is 0.0478 e. The van der Waals surface area contributed by atoms with Crippen molar-refractivity contribution in [3.05, 3.63) is 0 Å². The molecule has 0 bridgehead atoms. The van der Waals surface area contributed by atoms with Crippen LogP contribution in [0.3, 0.4) is 0 Å². The van der Waals surface area contributed by atoms with Gasteiger partial charge in [0, 0.05) is 25.8 Å². The Balaban J connectivity index is 3.28. The van der Waals surface area contributed by atoms with E-state index in [4.69, 9.17) is 4.74 Å². The highest BCUT2D eigenvalue weighted by Crippen LogP contribution is 1.98. The molecule has 2 nitrogen and oxygen atoms in total. The number of hydrogen-bond donors (Lipinski definition) is 0. The monoisotopic (exact) mass is 187 g/mol. The van der Waals surface area contributed by atoms with Crippen molar-refractivity contribution in [3.63, 3.8) is 0 Å². The van der Waals surface area contributed by atoms with Crippen molar-refractivity contribution in [1.29, 1.82) is 0 Å². The van der Waals surface area contributed by atoms with Gasteiger partial charge >= 0.3 is 0 Å². The Morgan fingerprint density at radius 3 is 2.31 bits per heavy atom. The molecular formula is C11H25NO. The largest absolute Gasteiger partial charge is 0.381 e. The van der Waals surface area contributed by atoms with Gasteiger partial charge < -0.3 is 9.64 Å². The summed E-state index contributed by atoms with van der Waals surface area (Å²) in [5, 5.41) is 0. The molecule has 0 fully saturated rings. The lowest BCUT2D eigenvalue weighted by Crippen LogP contribution is -2.32. The maximum absolute atomic E-state index is 5.43. The Kier molecular flexibility index (Phi) is 8.46. The van der Waals surface area contributed by atoms with Crippen LogP contribution in [-0.2, 0) is 4.74 Å². The first-order valence-electron chi connectivity index (χ1n) is 5.54. The van der Waals surface area contributed by atoms with E-state index in [1.165, 1.54) is 0 Å². The Morgan fingerprint density at radius 2 is 1.85 bits per heavy atom. The highest BCUT2D eigenvalue weighted by molar-refractivity contribution is 4.59. The first kappa shape index (κ1) is 12.9. The van der Waals surface area contributed by atoms with Gasteiger partial charge in [-0.25, -0.2) is 0 Å². The molecule has 0 rings (SSSR count). The Labute approximate surface area is 83.3 Å². The van der Waals surface area contributed by atoms with Gasteiger partial charge in [0.25, 0.3) is 0 Å². The molecule has 0 N–H and O–H groups in total. The van der Waals surface area contributed by atoms with Crippen LogP contribution < -0.4 is 0 Å². The van der Waals surface area contributed by atoms with Gasteiger partial charge in [0.2, 0.25) is 0 Å². The van der Waals surface area contributed by atoms with Crippen LogP contribution in [0.4, 0.5) is 0 Å². The molecule has 0 radical (unpaired) electrons. The molecule has 0 saturated carbocycles. The Morgan fingerprint density at radius 1 is 1.15 bits per heavy atom. The second kappa shape index (κ2) is 8.52. The summed E-state index contributed by atoms with van der Waals surface area (Å²) in [5.74, 6) is 0. The number of rotatable bonds is 8. The zero-order valence-corrected chi connectivity index (χ0v) is 9.68. The molecule has 0 aliphatic heterocycles. The lowest BCUT2D eigenvalue weighted by molar-refractivity contribution is 0.117. The lowest BCUT2D eigenvalue weighted by atomic mass is 10.3. The second-order valence-electron chi connectivity index (χ2n) is 3.69. The summed E-state index contributed by atoms with van der Waals surface area (Å²) in [6.07, 6.45) is 2.29. The van der Waals surface area contributed by atoms with Gasteiger partial charge in [-0.1, -0.05) is 13.8 Å². The van der Waals surface area contributed by atoms with E-state index < -0.39 is 0 Å². The first-order valence-corrected chi connectivity index (χ1v) is 5.54. The Hall–Kier alpha value is -0.0800. The van der Waals surface area contributed by atoms with Gasteiger partial charge in [-0.2, -0.15) is 0 Å². The van der Waals surface area contributed by atoms with Crippen molar-refractivity contribution < 1.29 is 4.74 Å². The normalized spacial score (nSPS) is 11.5. The fraction of sp³-hybridized carbons (Fsp3) is 1.00. The first-order chi connectivity index (χ1) is 6.22. The van der Waals surface area contributed by atoms with Gasteiger partial charge in [-0.3, -0.25) is 0 Å². The lowest BCUT2D eigenvalue weighted by Gasteiger charge is -2.24.